The predicted molar refractivity (Wildman–Crippen MR) is 60.7 cm³/mol. The molecule has 1 spiro atoms. The summed E-state index contributed by atoms with van der Waals surface area (Å²) in [5.74, 6) is 0.220. The van der Waals surface area contributed by atoms with Crippen molar-refractivity contribution >= 4 is 0 Å². The summed E-state index contributed by atoms with van der Waals surface area (Å²) >= 11 is 0. The van der Waals surface area contributed by atoms with Crippen LogP contribution in [0.3, 0.4) is 0 Å². The van der Waals surface area contributed by atoms with Gasteiger partial charge in [0.25, 0.3) is 0 Å². The predicted octanol–water partition coefficient (Wildman–Crippen LogP) is 3.50. The fourth-order valence-electron chi connectivity index (χ4n) is 2.72. The highest BCUT2D eigenvalue weighted by molar-refractivity contribution is 5.01. The average Bonchev–Trinajstić information content (AvgIpc) is 2.25. The molecule has 2 nitrogen and oxygen atoms in total. The summed E-state index contributed by atoms with van der Waals surface area (Å²) in [7, 11) is 0. The normalized spacial score (nSPS) is 37.0. The van der Waals surface area contributed by atoms with Crippen molar-refractivity contribution in [2.45, 2.75) is 77.3 Å². The fraction of sp³-hybridized carbons (Fsp3) is 1.00. The van der Waals surface area contributed by atoms with E-state index in [0.717, 1.165) is 6.42 Å². The first-order chi connectivity index (χ1) is 6.79. The van der Waals surface area contributed by atoms with Gasteiger partial charge in [-0.05, 0) is 40.5 Å². The molecule has 0 radical (unpaired) electrons. The van der Waals surface area contributed by atoms with Crippen LogP contribution < -0.4 is 0 Å². The van der Waals surface area contributed by atoms with E-state index in [2.05, 4.69) is 34.6 Å². The van der Waals surface area contributed by atoms with Crippen molar-refractivity contribution in [3.63, 3.8) is 0 Å². The van der Waals surface area contributed by atoms with Crippen molar-refractivity contribution in [3.8, 4) is 0 Å². The third-order valence-electron chi connectivity index (χ3n) is 4.47. The highest BCUT2D eigenvalue weighted by Crippen LogP contribution is 2.51. The van der Waals surface area contributed by atoms with Crippen molar-refractivity contribution in [2.75, 3.05) is 0 Å². The second kappa shape index (κ2) is 3.21. The molecule has 1 atom stereocenters. The summed E-state index contributed by atoms with van der Waals surface area (Å²) in [5, 5.41) is 0. The van der Waals surface area contributed by atoms with Crippen LogP contribution in [-0.4, -0.2) is 17.0 Å². The second-order valence-corrected chi connectivity index (χ2v) is 6.18. The van der Waals surface area contributed by atoms with E-state index in [1.165, 1.54) is 19.3 Å². The van der Waals surface area contributed by atoms with E-state index in [1.807, 2.05) is 0 Å². The van der Waals surface area contributed by atoms with Gasteiger partial charge in [0, 0.05) is 12.3 Å². The number of ether oxygens (including phenoxy) is 2. The summed E-state index contributed by atoms with van der Waals surface area (Å²) in [6.45, 7) is 10.8. The molecule has 88 valence electrons. The van der Waals surface area contributed by atoms with Gasteiger partial charge >= 0.3 is 0 Å². The molecular formula is C13H24O2. The van der Waals surface area contributed by atoms with Crippen molar-refractivity contribution in [3.05, 3.63) is 0 Å². The van der Waals surface area contributed by atoms with Crippen LogP contribution in [0.4, 0.5) is 0 Å². The van der Waals surface area contributed by atoms with Crippen LogP contribution in [0, 0.1) is 5.92 Å². The zero-order chi connectivity index (χ0) is 11.3. The maximum Gasteiger partial charge on any atom is 0.172 e. The molecule has 1 saturated carbocycles. The molecule has 0 aromatic heterocycles. The molecule has 0 aromatic rings. The van der Waals surface area contributed by atoms with E-state index in [9.17, 15) is 0 Å². The first-order valence-electron chi connectivity index (χ1n) is 6.19. The quantitative estimate of drug-likeness (QED) is 0.612. The Kier molecular flexibility index (Phi) is 2.44. The Balaban J connectivity index is 2.26. The Bertz CT molecular complexity index is 239. The van der Waals surface area contributed by atoms with E-state index < -0.39 is 0 Å². The lowest BCUT2D eigenvalue weighted by Gasteiger charge is -2.38. The summed E-state index contributed by atoms with van der Waals surface area (Å²) in [5.41, 5.74) is -0.364. The van der Waals surface area contributed by atoms with Gasteiger partial charge in [0.1, 0.15) is 0 Å². The first kappa shape index (κ1) is 11.4. The second-order valence-electron chi connectivity index (χ2n) is 6.18. The third-order valence-corrected chi connectivity index (χ3v) is 4.47. The minimum absolute atomic E-state index is 0.182. The maximum atomic E-state index is 6.28. The summed E-state index contributed by atoms with van der Waals surface area (Å²) in [6.07, 6.45) is 4.83. The average molecular weight is 212 g/mol. The van der Waals surface area contributed by atoms with Crippen LogP contribution in [0.15, 0.2) is 0 Å². The van der Waals surface area contributed by atoms with E-state index in [1.54, 1.807) is 0 Å². The smallest absolute Gasteiger partial charge is 0.172 e. The molecule has 0 N–H and O–H groups in total. The fourth-order valence-corrected chi connectivity index (χ4v) is 2.72. The first-order valence-corrected chi connectivity index (χ1v) is 6.19. The van der Waals surface area contributed by atoms with Gasteiger partial charge in [-0.15, -0.1) is 0 Å². The lowest BCUT2D eigenvalue weighted by molar-refractivity contribution is -0.237. The SMILES string of the molecule is CC1CCCCC12OC(C)(C)C(C)(C)O2. The topological polar surface area (TPSA) is 18.5 Å². The molecule has 1 aliphatic carbocycles. The van der Waals surface area contributed by atoms with E-state index in [4.69, 9.17) is 9.47 Å². The van der Waals surface area contributed by atoms with Crippen LogP contribution in [0.25, 0.3) is 0 Å². The minimum Gasteiger partial charge on any atom is -0.341 e. The van der Waals surface area contributed by atoms with Crippen LogP contribution in [0.1, 0.15) is 60.3 Å². The summed E-state index contributed by atoms with van der Waals surface area (Å²) < 4.78 is 12.6. The Labute approximate surface area is 93.3 Å². The largest absolute Gasteiger partial charge is 0.341 e. The standard InChI is InChI=1S/C13H24O2/c1-10-8-6-7-9-13(10)14-11(2,3)12(4,5)15-13/h10H,6-9H2,1-5H3. The summed E-state index contributed by atoms with van der Waals surface area (Å²) in [4.78, 5) is 0. The number of rotatable bonds is 0. The van der Waals surface area contributed by atoms with Crippen LogP contribution >= 0.6 is 0 Å². The molecule has 2 fully saturated rings. The third kappa shape index (κ3) is 1.62. The maximum absolute atomic E-state index is 6.28. The lowest BCUT2D eigenvalue weighted by atomic mass is 9.84. The molecule has 0 bridgehead atoms. The Morgan fingerprint density at radius 3 is 1.93 bits per heavy atom. The molecule has 2 rings (SSSR count). The van der Waals surface area contributed by atoms with Gasteiger partial charge < -0.3 is 9.47 Å². The molecule has 15 heavy (non-hydrogen) atoms. The molecule has 1 unspecified atom stereocenters. The summed E-state index contributed by atoms with van der Waals surface area (Å²) in [6, 6.07) is 0. The number of hydrogen-bond acceptors (Lipinski definition) is 2. The monoisotopic (exact) mass is 212 g/mol. The van der Waals surface area contributed by atoms with E-state index in [-0.39, 0.29) is 17.0 Å². The van der Waals surface area contributed by atoms with Gasteiger partial charge in [0.2, 0.25) is 0 Å². The molecule has 1 heterocycles. The van der Waals surface area contributed by atoms with Crippen LogP contribution in [0.5, 0.6) is 0 Å². The van der Waals surface area contributed by atoms with Gasteiger partial charge in [-0.2, -0.15) is 0 Å². The van der Waals surface area contributed by atoms with Crippen molar-refractivity contribution in [1.82, 2.24) is 0 Å². The molecule has 1 saturated heterocycles. The molecule has 0 amide bonds. The van der Waals surface area contributed by atoms with Crippen molar-refractivity contribution < 1.29 is 9.47 Å². The number of hydrogen-bond donors (Lipinski definition) is 0. The van der Waals surface area contributed by atoms with E-state index in [0.29, 0.717) is 5.92 Å². The molecule has 1 aliphatic heterocycles. The van der Waals surface area contributed by atoms with Gasteiger partial charge in [0.05, 0.1) is 11.2 Å². The Morgan fingerprint density at radius 2 is 1.47 bits per heavy atom. The van der Waals surface area contributed by atoms with Gasteiger partial charge in [-0.3, -0.25) is 0 Å². The highest BCUT2D eigenvalue weighted by Gasteiger charge is 2.59. The molecule has 0 aromatic carbocycles. The molecular weight excluding hydrogens is 188 g/mol. The highest BCUT2D eigenvalue weighted by atomic mass is 16.8. The van der Waals surface area contributed by atoms with E-state index >= 15 is 0 Å². The van der Waals surface area contributed by atoms with Gasteiger partial charge in [0.15, 0.2) is 5.79 Å². The molecule has 2 heteroatoms. The zero-order valence-electron chi connectivity index (χ0n) is 10.7. The van der Waals surface area contributed by atoms with Gasteiger partial charge in [-0.1, -0.05) is 13.3 Å². The minimum atomic E-state index is -0.300. The Hall–Kier alpha value is -0.0800. The van der Waals surface area contributed by atoms with Crippen molar-refractivity contribution in [2.24, 2.45) is 5.92 Å². The molecule has 2 aliphatic rings. The zero-order valence-corrected chi connectivity index (χ0v) is 10.7. The van der Waals surface area contributed by atoms with Crippen LogP contribution in [0.2, 0.25) is 0 Å². The lowest BCUT2D eigenvalue weighted by Crippen LogP contribution is -2.42. The van der Waals surface area contributed by atoms with Crippen LogP contribution in [-0.2, 0) is 9.47 Å². The van der Waals surface area contributed by atoms with Crippen molar-refractivity contribution in [1.29, 1.82) is 0 Å². The van der Waals surface area contributed by atoms with Gasteiger partial charge in [-0.25, -0.2) is 0 Å². The Morgan fingerprint density at radius 1 is 0.933 bits per heavy atom.